The Morgan fingerprint density at radius 1 is 1.55 bits per heavy atom. The molecule has 1 aromatic rings. The predicted molar refractivity (Wildman–Crippen MR) is 51.3 cm³/mol. The fraction of sp³-hybridized carbons (Fsp3) is 0.125. The van der Waals surface area contributed by atoms with Crippen LogP contribution in [0.25, 0.3) is 0 Å². The maximum absolute atomic E-state index is 8.77. The summed E-state index contributed by atoms with van der Waals surface area (Å²) >= 11 is 5.04. The summed E-state index contributed by atoms with van der Waals surface area (Å²) in [6, 6.07) is 5.77. The minimum absolute atomic E-state index is 0.817. The molecule has 0 aliphatic rings. The van der Waals surface area contributed by atoms with Crippen molar-refractivity contribution in [3.05, 3.63) is 34.8 Å². The van der Waals surface area contributed by atoms with E-state index in [-0.39, 0.29) is 0 Å². The molecule has 1 nitrogen and oxygen atoms in total. The van der Waals surface area contributed by atoms with E-state index in [9.17, 15) is 0 Å². The Balaban J connectivity index is 3.10. The molecule has 59 valence electrons. The summed E-state index contributed by atoms with van der Waals surface area (Å²) in [7, 11) is 0. The van der Waals surface area contributed by atoms with E-state index in [2.05, 4.69) is 15.9 Å². The van der Waals surface area contributed by atoms with Crippen molar-refractivity contribution < 1.29 is 5.11 Å². The smallest absolute Gasteiger partial charge is 0.110 e. The molecule has 0 bridgehead atoms. The van der Waals surface area contributed by atoms with Crippen LogP contribution in [-0.2, 0) is 0 Å². The van der Waals surface area contributed by atoms with Gasteiger partial charge in [0.1, 0.15) is 6.61 Å². The molecule has 0 spiro atoms. The second-order valence-electron chi connectivity index (χ2n) is 1.99. The van der Waals surface area contributed by atoms with E-state index in [1.54, 1.807) is 11.8 Å². The SMILES string of the molecule is CSc1cccc([CH]O)c1Br. The normalized spacial score (nSPS) is 10.1. The Labute approximate surface area is 78.9 Å². The quantitative estimate of drug-likeness (QED) is 0.791. The van der Waals surface area contributed by atoms with Crippen LogP contribution in [0.15, 0.2) is 27.6 Å². The maximum atomic E-state index is 8.77. The number of halogens is 1. The number of hydrogen-bond acceptors (Lipinski definition) is 2. The Bertz CT molecular complexity index is 228. The van der Waals surface area contributed by atoms with E-state index >= 15 is 0 Å². The molecule has 11 heavy (non-hydrogen) atoms. The highest BCUT2D eigenvalue weighted by molar-refractivity contribution is 9.10. The van der Waals surface area contributed by atoms with Crippen LogP contribution in [0.5, 0.6) is 0 Å². The lowest BCUT2D eigenvalue weighted by molar-refractivity contribution is 0.414. The highest BCUT2D eigenvalue weighted by atomic mass is 79.9. The van der Waals surface area contributed by atoms with Crippen molar-refractivity contribution in [3.63, 3.8) is 0 Å². The zero-order valence-electron chi connectivity index (χ0n) is 6.04. The Kier molecular flexibility index (Phi) is 3.43. The van der Waals surface area contributed by atoms with Crippen LogP contribution in [0.1, 0.15) is 5.56 Å². The third-order valence-electron chi connectivity index (χ3n) is 1.35. The number of hydrogen-bond donors (Lipinski definition) is 1. The fourth-order valence-electron chi connectivity index (χ4n) is 0.785. The fourth-order valence-corrected chi connectivity index (χ4v) is 2.15. The van der Waals surface area contributed by atoms with Gasteiger partial charge in [-0.25, -0.2) is 0 Å². The summed E-state index contributed by atoms with van der Waals surface area (Å²) in [6.45, 7) is 1.10. The zero-order valence-corrected chi connectivity index (χ0v) is 8.45. The van der Waals surface area contributed by atoms with Gasteiger partial charge in [0.05, 0.1) is 0 Å². The van der Waals surface area contributed by atoms with Gasteiger partial charge in [-0.05, 0) is 33.8 Å². The van der Waals surface area contributed by atoms with Gasteiger partial charge in [0.15, 0.2) is 0 Å². The summed E-state index contributed by atoms with van der Waals surface area (Å²) < 4.78 is 0.954. The highest BCUT2D eigenvalue weighted by Gasteiger charge is 2.02. The molecule has 0 fully saturated rings. The first kappa shape index (κ1) is 9.10. The number of thioether (sulfide) groups is 1. The van der Waals surface area contributed by atoms with E-state index < -0.39 is 0 Å². The van der Waals surface area contributed by atoms with Crippen molar-refractivity contribution in [1.29, 1.82) is 0 Å². The summed E-state index contributed by atoms with van der Waals surface area (Å²) in [6.07, 6.45) is 2.00. The lowest BCUT2D eigenvalue weighted by Crippen LogP contribution is -1.83. The average molecular weight is 232 g/mol. The minimum atomic E-state index is 0.817. The third-order valence-corrected chi connectivity index (χ3v) is 3.28. The van der Waals surface area contributed by atoms with E-state index in [1.165, 1.54) is 0 Å². The van der Waals surface area contributed by atoms with Crippen LogP contribution < -0.4 is 0 Å². The highest BCUT2D eigenvalue weighted by Crippen LogP contribution is 2.28. The molecule has 1 radical (unpaired) electrons. The molecular formula is C8H8BrOS. The van der Waals surface area contributed by atoms with Crippen LogP contribution >= 0.6 is 27.7 Å². The van der Waals surface area contributed by atoms with Gasteiger partial charge in [0, 0.05) is 9.37 Å². The first-order valence-corrected chi connectivity index (χ1v) is 5.11. The Hall–Kier alpha value is 0.01000. The molecular weight excluding hydrogens is 224 g/mol. The van der Waals surface area contributed by atoms with Crippen molar-refractivity contribution in [2.24, 2.45) is 0 Å². The molecule has 0 aliphatic heterocycles. The maximum Gasteiger partial charge on any atom is 0.110 e. The first-order chi connectivity index (χ1) is 5.29. The summed E-state index contributed by atoms with van der Waals surface area (Å²) in [5.74, 6) is 0. The van der Waals surface area contributed by atoms with Crippen LogP contribution in [0.2, 0.25) is 0 Å². The minimum Gasteiger partial charge on any atom is -0.385 e. The van der Waals surface area contributed by atoms with Crippen molar-refractivity contribution in [1.82, 2.24) is 0 Å². The Morgan fingerprint density at radius 2 is 2.27 bits per heavy atom. The van der Waals surface area contributed by atoms with Gasteiger partial charge in [-0.3, -0.25) is 0 Å². The molecule has 0 amide bonds. The molecule has 0 atom stereocenters. The van der Waals surface area contributed by atoms with Crippen LogP contribution in [0.4, 0.5) is 0 Å². The van der Waals surface area contributed by atoms with Crippen molar-refractivity contribution in [2.45, 2.75) is 4.90 Å². The standard InChI is InChI=1S/C8H8BrOS/c1-11-7-4-2-3-6(5-10)8(7)9/h2-5,10H,1H3. The average Bonchev–Trinajstić information content (AvgIpc) is 2.05. The number of aliphatic hydroxyl groups is 1. The van der Waals surface area contributed by atoms with Crippen molar-refractivity contribution in [2.75, 3.05) is 6.26 Å². The largest absolute Gasteiger partial charge is 0.385 e. The first-order valence-electron chi connectivity index (χ1n) is 3.09. The topological polar surface area (TPSA) is 20.2 Å². The van der Waals surface area contributed by atoms with Crippen LogP contribution in [-0.4, -0.2) is 11.4 Å². The molecule has 3 heteroatoms. The van der Waals surface area contributed by atoms with Crippen molar-refractivity contribution in [3.8, 4) is 0 Å². The van der Waals surface area contributed by atoms with E-state index in [0.717, 1.165) is 21.5 Å². The second kappa shape index (κ2) is 4.14. The van der Waals surface area contributed by atoms with E-state index in [4.69, 9.17) is 5.11 Å². The van der Waals surface area contributed by atoms with Crippen molar-refractivity contribution >= 4 is 27.7 Å². The molecule has 0 aliphatic carbocycles. The number of aliphatic hydroxyl groups excluding tert-OH is 1. The molecule has 0 unspecified atom stereocenters. The molecule has 1 rings (SSSR count). The van der Waals surface area contributed by atoms with Gasteiger partial charge >= 0.3 is 0 Å². The predicted octanol–water partition coefficient (Wildman–Crippen LogP) is 3.05. The summed E-state index contributed by atoms with van der Waals surface area (Å²) in [4.78, 5) is 1.13. The van der Waals surface area contributed by atoms with E-state index in [0.29, 0.717) is 0 Å². The molecule has 0 saturated carbocycles. The summed E-state index contributed by atoms with van der Waals surface area (Å²) in [5, 5.41) is 8.77. The van der Waals surface area contributed by atoms with Gasteiger partial charge in [-0.2, -0.15) is 0 Å². The second-order valence-corrected chi connectivity index (χ2v) is 3.63. The van der Waals surface area contributed by atoms with Gasteiger partial charge in [0.25, 0.3) is 0 Å². The molecule has 0 heterocycles. The lowest BCUT2D eigenvalue weighted by Gasteiger charge is -2.03. The monoisotopic (exact) mass is 231 g/mol. The Morgan fingerprint density at radius 3 is 2.82 bits per heavy atom. The third kappa shape index (κ3) is 1.98. The van der Waals surface area contributed by atoms with Crippen LogP contribution in [0, 0.1) is 6.61 Å². The number of rotatable bonds is 2. The summed E-state index contributed by atoms with van der Waals surface area (Å²) in [5.41, 5.74) is 0.817. The lowest BCUT2D eigenvalue weighted by atomic mass is 10.2. The van der Waals surface area contributed by atoms with Gasteiger partial charge in [-0.15, -0.1) is 11.8 Å². The molecule has 0 saturated heterocycles. The zero-order chi connectivity index (χ0) is 8.27. The van der Waals surface area contributed by atoms with E-state index in [1.807, 2.05) is 24.5 Å². The van der Waals surface area contributed by atoms with Gasteiger partial charge < -0.3 is 5.11 Å². The van der Waals surface area contributed by atoms with Gasteiger partial charge in [-0.1, -0.05) is 12.1 Å². The van der Waals surface area contributed by atoms with Crippen LogP contribution in [0.3, 0.4) is 0 Å². The van der Waals surface area contributed by atoms with Gasteiger partial charge in [0.2, 0.25) is 0 Å². The molecule has 1 aromatic carbocycles. The number of benzene rings is 1. The molecule has 0 aromatic heterocycles. The molecule has 1 N–H and O–H groups in total.